The molecule has 0 unspecified atom stereocenters. The highest BCUT2D eigenvalue weighted by Crippen LogP contribution is 2.22. The molecule has 0 aromatic heterocycles. The summed E-state index contributed by atoms with van der Waals surface area (Å²) in [5, 5.41) is 27.2. The van der Waals surface area contributed by atoms with Crippen LogP contribution in [0.4, 0.5) is 0 Å². The summed E-state index contributed by atoms with van der Waals surface area (Å²) < 4.78 is 0. The molecule has 72 heavy (non-hydrogen) atoms. The lowest BCUT2D eigenvalue weighted by Gasteiger charge is -2.28. The minimum absolute atomic E-state index is 0.00721. The number of carbonyl (C=O) groups excluding carboxylic acids is 9. The van der Waals surface area contributed by atoms with Crippen molar-refractivity contribution in [3.05, 3.63) is 35.9 Å². The maximum absolute atomic E-state index is 14.4. The fourth-order valence-corrected chi connectivity index (χ4v) is 8.90. The summed E-state index contributed by atoms with van der Waals surface area (Å²) in [7, 11) is 0. The molecule has 1 aliphatic rings. The Labute approximate surface area is 427 Å². The molecule has 1 aromatic carbocycles. The number of ketones is 3. The molecule has 1 heterocycles. The minimum atomic E-state index is -1.31. The molecular weight excluding hydrogens is 923 g/mol. The first-order valence-corrected chi connectivity index (χ1v) is 26.4. The molecule has 0 bridgehead atoms. The summed E-state index contributed by atoms with van der Waals surface area (Å²) in [4.78, 5) is 126. The number of nitrogens with two attached hydrogens (primary N) is 3. The van der Waals surface area contributed by atoms with Crippen molar-refractivity contribution >= 4 is 52.8 Å². The average molecular weight is 1010 g/mol. The molecule has 1 aliphatic heterocycles. The number of benzene rings is 1. The van der Waals surface area contributed by atoms with Crippen molar-refractivity contribution in [3.8, 4) is 0 Å². The summed E-state index contributed by atoms with van der Waals surface area (Å²) >= 11 is 0. The number of hydrogen-bond donors (Lipinski definition) is 10. The van der Waals surface area contributed by atoms with Crippen LogP contribution in [0.25, 0.3) is 0 Å². The molecule has 1 aromatic rings. The summed E-state index contributed by atoms with van der Waals surface area (Å²) in [6, 6.07) is 2.91. The van der Waals surface area contributed by atoms with Crippen molar-refractivity contribution in [2.24, 2.45) is 46.8 Å². The van der Waals surface area contributed by atoms with Crippen LogP contribution in [0.5, 0.6) is 0 Å². The topological polar surface area (TPSA) is 324 Å². The largest absolute Gasteiger partial charge is 0.393 e. The van der Waals surface area contributed by atoms with Crippen molar-refractivity contribution in [1.29, 1.82) is 0 Å². The van der Waals surface area contributed by atoms with Gasteiger partial charge in [-0.3, -0.25) is 43.2 Å². The zero-order valence-electron chi connectivity index (χ0n) is 43.9. The van der Waals surface area contributed by atoms with Crippen molar-refractivity contribution < 1.29 is 48.3 Å². The molecule has 6 amide bonds. The van der Waals surface area contributed by atoms with E-state index in [9.17, 15) is 48.3 Å². The second kappa shape index (κ2) is 34.3. The molecule has 1 fully saturated rings. The summed E-state index contributed by atoms with van der Waals surface area (Å²) in [5.41, 5.74) is 18.4. The highest BCUT2D eigenvalue weighted by atomic mass is 16.3. The Morgan fingerprint density at radius 2 is 1.25 bits per heavy atom. The monoisotopic (exact) mass is 1010 g/mol. The Balaban J connectivity index is 2.63. The smallest absolute Gasteiger partial charge is 0.243 e. The highest BCUT2D eigenvalue weighted by Gasteiger charge is 2.35. The molecule has 0 spiro atoms. The van der Waals surface area contributed by atoms with Crippen LogP contribution in [0.2, 0.25) is 0 Å². The predicted molar refractivity (Wildman–Crippen MR) is 276 cm³/mol. The van der Waals surface area contributed by atoms with E-state index in [1.165, 1.54) is 0 Å². The van der Waals surface area contributed by atoms with Crippen LogP contribution in [-0.4, -0.2) is 120 Å². The third kappa shape index (κ3) is 24.1. The molecule has 0 aliphatic carbocycles. The zero-order valence-corrected chi connectivity index (χ0v) is 43.9. The van der Waals surface area contributed by atoms with Crippen LogP contribution in [0.15, 0.2) is 30.3 Å². The first kappa shape index (κ1) is 63.0. The van der Waals surface area contributed by atoms with Crippen LogP contribution >= 0.6 is 0 Å². The van der Waals surface area contributed by atoms with E-state index in [0.717, 1.165) is 32.1 Å². The molecule has 0 saturated carbocycles. The lowest BCUT2D eigenvalue weighted by Crippen LogP contribution is -2.59. The minimum Gasteiger partial charge on any atom is -0.393 e. The number of aliphatic hydroxyl groups excluding tert-OH is 1. The van der Waals surface area contributed by atoms with Crippen LogP contribution < -0.4 is 49.1 Å². The number of Topliss-reactive ketones (excluding diaryl/α,β-unsaturated/α-hetero) is 3. The van der Waals surface area contributed by atoms with Gasteiger partial charge in [-0.25, -0.2) is 0 Å². The second-order valence-electron chi connectivity index (χ2n) is 20.5. The average Bonchev–Trinajstić information content (AvgIpc) is 3.31. The summed E-state index contributed by atoms with van der Waals surface area (Å²) in [5.74, 6) is -8.14. The van der Waals surface area contributed by atoms with Gasteiger partial charge in [0.05, 0.1) is 24.6 Å². The number of rotatable bonds is 24. The van der Waals surface area contributed by atoms with Crippen molar-refractivity contribution in [2.75, 3.05) is 26.2 Å². The van der Waals surface area contributed by atoms with E-state index in [-0.39, 0.29) is 102 Å². The fraction of sp³-hybridized carbons (Fsp3) is 0.717. The molecular formula is C53H89N9O10. The first-order chi connectivity index (χ1) is 34.2. The van der Waals surface area contributed by atoms with Gasteiger partial charge < -0.3 is 54.2 Å². The lowest BCUT2D eigenvalue weighted by molar-refractivity contribution is -0.136. The maximum atomic E-state index is 14.4. The van der Waals surface area contributed by atoms with Crippen molar-refractivity contribution in [2.45, 2.75) is 187 Å². The van der Waals surface area contributed by atoms with E-state index >= 15 is 0 Å². The third-order valence-electron chi connectivity index (χ3n) is 13.0. The fourth-order valence-electron chi connectivity index (χ4n) is 8.90. The standard InChI is InChI=1S/C53H89N9O10/c1-7-8-9-10-14-17-39(63)32-48(67)58-40(18-22-54)47(66)30-37-21-25-57-49(68)38(26-33(2)3)31-45(64)35(6)28-46(65)41(19-23-55)59-52(71)43(27-34(4)5)61-53(72)44(29-36-15-12-11-13-16-36)62-51(70)42(20-24-56)60-50(37)69/h11-13,15-16,33-35,37-44,63H,7-10,14,17-32,54-56H2,1-6H3,(H,57,68)(H,58,67)(H,59,71)(H,60,69)(H,61,72)(H,62,70)/t35-,37-,38-,39-,40-,41+,42+,43+,44-/m1/s1. The Kier molecular flexibility index (Phi) is 30.0. The van der Waals surface area contributed by atoms with E-state index in [4.69, 9.17) is 17.2 Å². The van der Waals surface area contributed by atoms with Crippen LogP contribution in [0.3, 0.4) is 0 Å². The van der Waals surface area contributed by atoms with E-state index in [0.29, 0.717) is 18.4 Å². The van der Waals surface area contributed by atoms with E-state index in [1.54, 1.807) is 37.3 Å². The van der Waals surface area contributed by atoms with Crippen LogP contribution in [-0.2, 0) is 49.6 Å². The Bertz CT molecular complexity index is 1880. The van der Waals surface area contributed by atoms with E-state index in [2.05, 4.69) is 38.8 Å². The summed E-state index contributed by atoms with van der Waals surface area (Å²) in [6.45, 7) is 11.1. The molecule has 0 radical (unpaired) electrons. The molecule has 13 N–H and O–H groups in total. The van der Waals surface area contributed by atoms with Gasteiger partial charge in [-0.15, -0.1) is 0 Å². The third-order valence-corrected chi connectivity index (χ3v) is 13.0. The Morgan fingerprint density at radius 1 is 0.667 bits per heavy atom. The Hall–Kier alpha value is -5.11. The number of amides is 6. The molecule has 19 nitrogen and oxygen atoms in total. The summed E-state index contributed by atoms with van der Waals surface area (Å²) in [6.07, 6.45) is 3.64. The van der Waals surface area contributed by atoms with Crippen molar-refractivity contribution in [3.63, 3.8) is 0 Å². The van der Waals surface area contributed by atoms with Crippen molar-refractivity contribution in [1.82, 2.24) is 31.9 Å². The van der Waals surface area contributed by atoms with Gasteiger partial charge in [0, 0.05) is 50.0 Å². The van der Waals surface area contributed by atoms with E-state index < -0.39 is 107 Å². The molecule has 9 atom stereocenters. The van der Waals surface area contributed by atoms with Gasteiger partial charge in [0.1, 0.15) is 23.9 Å². The number of unbranched alkanes of at least 4 members (excludes halogenated alkanes) is 4. The first-order valence-electron chi connectivity index (χ1n) is 26.4. The quantitative estimate of drug-likeness (QED) is 0.0665. The molecule has 2 rings (SSSR count). The highest BCUT2D eigenvalue weighted by molar-refractivity contribution is 5.98. The van der Waals surface area contributed by atoms with Crippen LogP contribution in [0, 0.1) is 29.6 Å². The normalized spacial score (nSPS) is 23.6. The van der Waals surface area contributed by atoms with Gasteiger partial charge in [-0.2, -0.15) is 0 Å². The van der Waals surface area contributed by atoms with Gasteiger partial charge in [0.25, 0.3) is 0 Å². The van der Waals surface area contributed by atoms with Gasteiger partial charge in [0.15, 0.2) is 11.6 Å². The maximum Gasteiger partial charge on any atom is 0.243 e. The zero-order chi connectivity index (χ0) is 53.8. The van der Waals surface area contributed by atoms with Crippen LogP contribution in [0.1, 0.15) is 150 Å². The molecule has 19 heteroatoms. The van der Waals surface area contributed by atoms with Gasteiger partial charge in [0.2, 0.25) is 35.4 Å². The van der Waals surface area contributed by atoms with Gasteiger partial charge >= 0.3 is 0 Å². The number of nitrogens with one attached hydrogen (secondary N) is 6. The Morgan fingerprint density at radius 3 is 1.88 bits per heavy atom. The lowest BCUT2D eigenvalue weighted by atomic mass is 9.86. The van der Waals surface area contributed by atoms with Gasteiger partial charge in [-0.1, -0.05) is 104 Å². The van der Waals surface area contributed by atoms with Gasteiger partial charge in [-0.05, 0) is 82.0 Å². The predicted octanol–water partition coefficient (Wildman–Crippen LogP) is 2.17. The number of aliphatic hydroxyl groups is 1. The van der Waals surface area contributed by atoms with E-state index in [1.807, 2.05) is 27.7 Å². The number of carbonyl (C=O) groups is 9. The molecule has 406 valence electrons. The molecule has 1 saturated heterocycles. The number of hydrogen-bond acceptors (Lipinski definition) is 13. The second-order valence-corrected chi connectivity index (χ2v) is 20.5. The SMILES string of the molecule is CCCCCCC[C@@H](O)CC(=O)N[C@H](CCN)C(=O)C[C@H]1CCNC(=O)[C@H](CC(C)C)CC(=O)[C@H](C)CC(=O)[C@H](CCN)NC(=O)[C@H](CC(C)C)NC(=O)[C@@H](Cc2ccccc2)NC(=O)[C@H](CCN)NC1=O.